The van der Waals surface area contributed by atoms with Gasteiger partial charge >= 0.3 is 0 Å². The molecule has 1 aromatic heterocycles. The van der Waals surface area contributed by atoms with Crippen molar-refractivity contribution in [3.8, 4) is 0 Å². The van der Waals surface area contributed by atoms with Gasteiger partial charge in [0.15, 0.2) is 0 Å². The lowest BCUT2D eigenvalue weighted by Gasteiger charge is -2.30. The van der Waals surface area contributed by atoms with Crippen molar-refractivity contribution in [3.63, 3.8) is 0 Å². The van der Waals surface area contributed by atoms with Crippen LogP contribution in [0, 0.1) is 0 Å². The highest BCUT2D eigenvalue weighted by atomic mass is 32.2. The van der Waals surface area contributed by atoms with Crippen LogP contribution in [-0.2, 0) is 14.8 Å². The van der Waals surface area contributed by atoms with Crippen LogP contribution in [0.3, 0.4) is 0 Å². The van der Waals surface area contributed by atoms with Gasteiger partial charge in [-0.15, -0.1) is 0 Å². The number of rotatable bonds is 2. The number of pyridine rings is 1. The topological polar surface area (TPSA) is 85.5 Å². The van der Waals surface area contributed by atoms with E-state index in [0.29, 0.717) is 25.5 Å². The van der Waals surface area contributed by atoms with Gasteiger partial charge in [-0.05, 0) is 19.1 Å². The van der Waals surface area contributed by atoms with Crippen molar-refractivity contribution in [1.82, 2.24) is 9.29 Å². The van der Waals surface area contributed by atoms with E-state index in [2.05, 4.69) is 4.98 Å². The molecule has 1 aliphatic rings. The Kier molecular flexibility index (Phi) is 3.32. The number of ether oxygens (including phenoxy) is 1. The zero-order valence-corrected chi connectivity index (χ0v) is 10.4. The minimum Gasteiger partial charge on any atom is -0.384 e. The zero-order chi connectivity index (χ0) is 12.5. The van der Waals surface area contributed by atoms with Crippen molar-refractivity contribution in [2.24, 2.45) is 0 Å². The summed E-state index contributed by atoms with van der Waals surface area (Å²) in [4.78, 5) is 3.97. The lowest BCUT2D eigenvalue weighted by atomic mass is 10.3. The van der Waals surface area contributed by atoms with Crippen LogP contribution in [0.5, 0.6) is 0 Å². The first-order valence-electron chi connectivity index (χ1n) is 5.33. The van der Waals surface area contributed by atoms with Gasteiger partial charge < -0.3 is 10.5 Å². The summed E-state index contributed by atoms with van der Waals surface area (Å²) in [6.07, 6.45) is 1.20. The molecule has 17 heavy (non-hydrogen) atoms. The molecule has 1 unspecified atom stereocenters. The number of hydrogen-bond acceptors (Lipinski definition) is 5. The molecule has 0 spiro atoms. The molecule has 6 nitrogen and oxygen atoms in total. The Hall–Kier alpha value is -1.18. The summed E-state index contributed by atoms with van der Waals surface area (Å²) in [5, 5.41) is 0. The van der Waals surface area contributed by atoms with Gasteiger partial charge in [0.1, 0.15) is 10.7 Å². The molecule has 2 rings (SSSR count). The number of nitrogens with two attached hydrogens (primary N) is 1. The minimum atomic E-state index is -3.48. The summed E-state index contributed by atoms with van der Waals surface area (Å²) in [5.41, 5.74) is 5.43. The van der Waals surface area contributed by atoms with E-state index in [-0.39, 0.29) is 11.0 Å². The van der Waals surface area contributed by atoms with Crippen LogP contribution in [-0.4, -0.2) is 43.5 Å². The van der Waals surface area contributed by atoms with Gasteiger partial charge in [-0.2, -0.15) is 4.31 Å². The Bertz CT molecular complexity index is 486. The van der Waals surface area contributed by atoms with Crippen LogP contribution in [0.4, 0.5) is 5.82 Å². The highest BCUT2D eigenvalue weighted by Crippen LogP contribution is 2.18. The number of aromatic nitrogens is 1. The Morgan fingerprint density at radius 3 is 2.88 bits per heavy atom. The van der Waals surface area contributed by atoms with E-state index in [1.165, 1.54) is 22.6 Å². The molecule has 0 aliphatic carbocycles. The molecule has 0 bridgehead atoms. The molecule has 0 radical (unpaired) electrons. The molecule has 94 valence electrons. The summed E-state index contributed by atoms with van der Waals surface area (Å²) < 4.78 is 31.2. The van der Waals surface area contributed by atoms with Gasteiger partial charge in [0.25, 0.3) is 0 Å². The van der Waals surface area contributed by atoms with E-state index in [1.807, 2.05) is 6.92 Å². The molecule has 2 N–H and O–H groups in total. The van der Waals surface area contributed by atoms with E-state index in [9.17, 15) is 8.42 Å². The van der Waals surface area contributed by atoms with Crippen LogP contribution in [0.1, 0.15) is 6.92 Å². The van der Waals surface area contributed by atoms with E-state index >= 15 is 0 Å². The maximum Gasteiger partial charge on any atom is 0.244 e. The van der Waals surface area contributed by atoms with Gasteiger partial charge in [-0.1, -0.05) is 0 Å². The van der Waals surface area contributed by atoms with Crippen LogP contribution in [0.15, 0.2) is 23.2 Å². The van der Waals surface area contributed by atoms with Crippen molar-refractivity contribution in [2.45, 2.75) is 17.9 Å². The number of nitrogen functional groups attached to an aromatic ring is 1. The van der Waals surface area contributed by atoms with Gasteiger partial charge in [-0.25, -0.2) is 13.4 Å². The first-order valence-corrected chi connectivity index (χ1v) is 6.77. The largest absolute Gasteiger partial charge is 0.384 e. The number of sulfonamides is 1. The molecule has 1 aliphatic heterocycles. The highest BCUT2D eigenvalue weighted by molar-refractivity contribution is 7.89. The maximum atomic E-state index is 12.2. The fourth-order valence-corrected chi connectivity index (χ4v) is 3.14. The Balaban J connectivity index is 2.26. The normalized spacial score (nSPS) is 22.5. The molecular weight excluding hydrogens is 242 g/mol. The maximum absolute atomic E-state index is 12.2. The highest BCUT2D eigenvalue weighted by Gasteiger charge is 2.29. The third kappa shape index (κ3) is 2.56. The molecule has 0 aromatic carbocycles. The minimum absolute atomic E-state index is 0.0831. The number of anilines is 1. The van der Waals surface area contributed by atoms with Crippen LogP contribution < -0.4 is 5.73 Å². The van der Waals surface area contributed by atoms with Crippen molar-refractivity contribution < 1.29 is 13.2 Å². The summed E-state index contributed by atoms with van der Waals surface area (Å²) >= 11 is 0. The van der Waals surface area contributed by atoms with E-state index in [4.69, 9.17) is 10.5 Å². The van der Waals surface area contributed by atoms with Crippen LogP contribution in [0.2, 0.25) is 0 Å². The fourth-order valence-electron chi connectivity index (χ4n) is 1.70. The molecule has 1 aromatic rings. The third-order valence-electron chi connectivity index (χ3n) is 2.60. The molecular formula is C10H15N3O3S. The van der Waals surface area contributed by atoms with Crippen molar-refractivity contribution in [3.05, 3.63) is 18.3 Å². The quantitative estimate of drug-likeness (QED) is 0.810. The second-order valence-corrected chi connectivity index (χ2v) is 5.90. The Morgan fingerprint density at radius 1 is 1.53 bits per heavy atom. The monoisotopic (exact) mass is 257 g/mol. The SMILES string of the molecule is CC1CN(S(=O)(=O)c2ccc(N)nc2)CCO1. The second kappa shape index (κ2) is 4.59. The molecule has 1 fully saturated rings. The second-order valence-electron chi connectivity index (χ2n) is 3.96. The summed E-state index contributed by atoms with van der Waals surface area (Å²) in [6, 6.07) is 2.95. The average Bonchev–Trinajstić information content (AvgIpc) is 2.29. The predicted octanol–water partition coefficient (Wildman–Crippen LogP) is 0.0732. The first-order chi connectivity index (χ1) is 8.00. The smallest absolute Gasteiger partial charge is 0.244 e. The third-order valence-corrected chi connectivity index (χ3v) is 4.45. The standard InChI is InChI=1S/C10H15N3O3S/c1-8-7-13(4-5-16-8)17(14,15)9-2-3-10(11)12-6-9/h2-3,6,8H,4-5,7H2,1H3,(H2,11,12). The van der Waals surface area contributed by atoms with Gasteiger partial charge in [0.05, 0.1) is 12.7 Å². The molecule has 0 saturated carbocycles. The fraction of sp³-hybridized carbons (Fsp3) is 0.500. The van der Waals surface area contributed by atoms with Gasteiger partial charge in [0, 0.05) is 19.3 Å². The van der Waals surface area contributed by atoms with Gasteiger partial charge in [0.2, 0.25) is 10.0 Å². The zero-order valence-electron chi connectivity index (χ0n) is 9.54. The lowest BCUT2D eigenvalue weighted by Crippen LogP contribution is -2.44. The summed E-state index contributed by atoms with van der Waals surface area (Å²) in [7, 11) is -3.48. The summed E-state index contributed by atoms with van der Waals surface area (Å²) in [6.45, 7) is 3.01. The molecule has 2 heterocycles. The predicted molar refractivity (Wildman–Crippen MR) is 62.8 cm³/mol. The van der Waals surface area contributed by atoms with Gasteiger partial charge in [-0.3, -0.25) is 0 Å². The number of morpholine rings is 1. The lowest BCUT2D eigenvalue weighted by molar-refractivity contribution is 0.0102. The first kappa shape index (κ1) is 12.3. The molecule has 0 amide bonds. The average molecular weight is 257 g/mol. The van der Waals surface area contributed by atoms with E-state index in [0.717, 1.165) is 0 Å². The van der Waals surface area contributed by atoms with Crippen molar-refractivity contribution in [2.75, 3.05) is 25.4 Å². The molecule has 7 heteroatoms. The van der Waals surface area contributed by atoms with Crippen molar-refractivity contribution in [1.29, 1.82) is 0 Å². The van der Waals surface area contributed by atoms with E-state index < -0.39 is 10.0 Å². The number of nitrogens with zero attached hydrogens (tertiary/aromatic N) is 2. The molecule has 1 saturated heterocycles. The Morgan fingerprint density at radius 2 is 2.29 bits per heavy atom. The summed E-state index contributed by atoms with van der Waals surface area (Å²) in [5.74, 6) is 0.305. The number of hydrogen-bond donors (Lipinski definition) is 1. The molecule has 1 atom stereocenters. The van der Waals surface area contributed by atoms with Crippen LogP contribution >= 0.6 is 0 Å². The Labute approximate surface area is 100 Å². The van der Waals surface area contributed by atoms with E-state index in [1.54, 1.807) is 0 Å². The van der Waals surface area contributed by atoms with Crippen molar-refractivity contribution >= 4 is 15.8 Å². The van der Waals surface area contributed by atoms with Crippen LogP contribution in [0.25, 0.3) is 0 Å².